The second-order valence-electron chi connectivity index (χ2n) is 10.8. The second kappa shape index (κ2) is 11.4. The highest BCUT2D eigenvalue weighted by atomic mass is 16.1. The van der Waals surface area contributed by atoms with Crippen LogP contribution in [0.3, 0.4) is 0 Å². The maximum absolute atomic E-state index is 12.9. The molecule has 4 N–H and O–H groups in total. The van der Waals surface area contributed by atoms with Gasteiger partial charge in [0.15, 0.2) is 0 Å². The van der Waals surface area contributed by atoms with E-state index in [0.717, 1.165) is 88.0 Å². The molecule has 1 saturated carbocycles. The van der Waals surface area contributed by atoms with Crippen LogP contribution in [0, 0.1) is 5.92 Å². The van der Waals surface area contributed by atoms with E-state index in [1.165, 1.54) is 5.56 Å². The van der Waals surface area contributed by atoms with E-state index in [4.69, 9.17) is 10.7 Å². The summed E-state index contributed by atoms with van der Waals surface area (Å²) in [5.41, 5.74) is 17.1. The Labute approximate surface area is 240 Å². The van der Waals surface area contributed by atoms with Crippen LogP contribution in [0.2, 0.25) is 0 Å². The van der Waals surface area contributed by atoms with Gasteiger partial charge in [-0.3, -0.25) is 9.78 Å². The highest BCUT2D eigenvalue weighted by Gasteiger charge is 2.23. The van der Waals surface area contributed by atoms with Crippen LogP contribution in [0.4, 0.5) is 11.4 Å². The maximum atomic E-state index is 12.9. The van der Waals surface area contributed by atoms with E-state index < -0.39 is 0 Å². The molecule has 1 aliphatic carbocycles. The molecule has 41 heavy (non-hydrogen) atoms. The molecule has 0 bridgehead atoms. The number of nitrogens with one attached hydrogen (secondary N) is 2. The summed E-state index contributed by atoms with van der Waals surface area (Å²) >= 11 is 0. The van der Waals surface area contributed by atoms with E-state index in [-0.39, 0.29) is 11.8 Å². The number of carbonyl (C=O) groups excluding carboxylic acids is 1. The van der Waals surface area contributed by atoms with Crippen molar-refractivity contribution in [1.29, 1.82) is 0 Å². The summed E-state index contributed by atoms with van der Waals surface area (Å²) < 4.78 is 0. The number of imidazole rings is 1. The van der Waals surface area contributed by atoms with Crippen LogP contribution < -0.4 is 11.1 Å². The molecule has 2 heterocycles. The van der Waals surface area contributed by atoms with Gasteiger partial charge in [0, 0.05) is 51.9 Å². The predicted molar refractivity (Wildman–Crippen MR) is 168 cm³/mol. The van der Waals surface area contributed by atoms with Gasteiger partial charge in [-0.15, -0.1) is 0 Å². The topological polar surface area (TPSA) is 96.7 Å². The highest BCUT2D eigenvalue weighted by Crippen LogP contribution is 2.35. The molecule has 2 aromatic heterocycles. The first-order valence-corrected chi connectivity index (χ1v) is 14.4. The lowest BCUT2D eigenvalue weighted by Crippen LogP contribution is -2.20. The third-order valence-corrected chi connectivity index (χ3v) is 8.10. The van der Waals surface area contributed by atoms with Crippen molar-refractivity contribution in [2.45, 2.75) is 46.0 Å². The van der Waals surface area contributed by atoms with Crippen LogP contribution in [0.25, 0.3) is 38.9 Å². The van der Waals surface area contributed by atoms with Crippen molar-refractivity contribution in [1.82, 2.24) is 15.0 Å². The lowest BCUT2D eigenvalue weighted by molar-refractivity contribution is -0.119. The number of fused-ring (bicyclic) bond motifs is 1. The lowest BCUT2D eigenvalue weighted by atomic mass is 9.95. The average Bonchev–Trinajstić information content (AvgIpc) is 3.69. The fourth-order valence-electron chi connectivity index (χ4n) is 5.87. The molecule has 0 aliphatic heterocycles. The molecule has 1 amide bonds. The molecule has 1 aliphatic rings. The number of nitrogens with zero attached hydrogens (tertiary/aromatic N) is 2. The van der Waals surface area contributed by atoms with Crippen LogP contribution in [-0.2, 0) is 11.2 Å². The number of hydrogen-bond acceptors (Lipinski definition) is 4. The first kappa shape index (κ1) is 26.5. The standard InChI is InChI=1S/C35H35N5O/c1-3-22-17-26(19-27(18-22)38-35(41)23-9-5-6-10-23)24-14-15-31(36)30(20-24)28(4-2)34-39-32-13-7-12-29(33(32)40-34)25-11-8-16-37-21-25/h4,7-8,11-21,23H,3,5-6,9-10,36H2,1-2H3,(H,38,41)(H,39,40). The Morgan fingerprint density at radius 2 is 1.88 bits per heavy atom. The highest BCUT2D eigenvalue weighted by molar-refractivity contribution is 5.96. The van der Waals surface area contributed by atoms with Gasteiger partial charge in [-0.1, -0.05) is 56.2 Å². The van der Waals surface area contributed by atoms with E-state index >= 15 is 0 Å². The Bertz CT molecular complexity index is 1750. The fraction of sp³-hybridized carbons (Fsp3) is 0.229. The zero-order valence-corrected chi connectivity index (χ0v) is 23.6. The van der Waals surface area contributed by atoms with Crippen LogP contribution in [-0.4, -0.2) is 20.9 Å². The van der Waals surface area contributed by atoms with Crippen molar-refractivity contribution in [3.05, 3.63) is 102 Å². The minimum absolute atomic E-state index is 0.117. The first-order valence-electron chi connectivity index (χ1n) is 14.4. The summed E-state index contributed by atoms with van der Waals surface area (Å²) in [4.78, 5) is 25.7. The Hall–Kier alpha value is -4.71. The Morgan fingerprint density at radius 3 is 2.63 bits per heavy atom. The van der Waals surface area contributed by atoms with E-state index in [2.05, 4.69) is 52.5 Å². The van der Waals surface area contributed by atoms with Crippen LogP contribution >= 0.6 is 0 Å². The van der Waals surface area contributed by atoms with E-state index in [0.29, 0.717) is 5.69 Å². The Morgan fingerprint density at radius 1 is 1.02 bits per heavy atom. The molecular formula is C35H35N5O. The molecule has 5 aromatic rings. The summed E-state index contributed by atoms with van der Waals surface area (Å²) in [5, 5.41) is 3.19. The number of aromatic amines is 1. The minimum atomic E-state index is 0.117. The van der Waals surface area contributed by atoms with Crippen molar-refractivity contribution in [2.75, 3.05) is 11.1 Å². The number of allylic oxidation sites excluding steroid dienone is 1. The number of nitrogen functional groups attached to an aromatic ring is 1. The number of anilines is 2. The molecule has 6 heteroatoms. The Balaban J connectivity index is 1.37. The van der Waals surface area contributed by atoms with Gasteiger partial charge in [-0.25, -0.2) is 4.98 Å². The van der Waals surface area contributed by atoms with E-state index in [1.54, 1.807) is 6.20 Å². The number of aryl methyl sites for hydroxylation is 1. The summed E-state index contributed by atoms with van der Waals surface area (Å²) in [6.45, 7) is 4.14. The minimum Gasteiger partial charge on any atom is -0.398 e. The summed E-state index contributed by atoms with van der Waals surface area (Å²) in [6, 6.07) is 22.6. The summed E-state index contributed by atoms with van der Waals surface area (Å²) in [6.07, 6.45) is 10.8. The van der Waals surface area contributed by atoms with Gasteiger partial charge in [0.1, 0.15) is 5.82 Å². The number of pyridine rings is 1. The van der Waals surface area contributed by atoms with Crippen molar-refractivity contribution < 1.29 is 4.79 Å². The van der Waals surface area contributed by atoms with Crippen molar-refractivity contribution in [2.24, 2.45) is 5.92 Å². The normalized spacial score (nSPS) is 14.0. The zero-order chi connectivity index (χ0) is 28.3. The number of benzene rings is 3. The molecule has 0 unspecified atom stereocenters. The second-order valence-corrected chi connectivity index (χ2v) is 10.8. The van der Waals surface area contributed by atoms with Crippen molar-refractivity contribution in [3.8, 4) is 22.3 Å². The van der Waals surface area contributed by atoms with Crippen molar-refractivity contribution in [3.63, 3.8) is 0 Å². The number of para-hydroxylation sites is 1. The molecule has 6 nitrogen and oxygen atoms in total. The summed E-state index contributed by atoms with van der Waals surface area (Å²) in [5.74, 6) is 1.01. The lowest BCUT2D eigenvalue weighted by Gasteiger charge is -2.15. The van der Waals surface area contributed by atoms with Gasteiger partial charge in [0.2, 0.25) is 5.91 Å². The molecule has 0 atom stereocenters. The predicted octanol–water partition coefficient (Wildman–Crippen LogP) is 8.02. The quantitative estimate of drug-likeness (QED) is 0.182. The third-order valence-electron chi connectivity index (χ3n) is 8.10. The van der Waals surface area contributed by atoms with Crippen LogP contribution in [0.1, 0.15) is 56.5 Å². The van der Waals surface area contributed by atoms with Gasteiger partial charge in [-0.05, 0) is 79.3 Å². The smallest absolute Gasteiger partial charge is 0.227 e. The fourth-order valence-corrected chi connectivity index (χ4v) is 5.87. The SMILES string of the molecule is CC=C(c1nc2c(-c3cccnc3)cccc2[nH]1)c1cc(-c2cc(CC)cc(NC(=O)C3CCCC3)c2)ccc1N. The van der Waals surface area contributed by atoms with E-state index in [1.807, 2.05) is 55.6 Å². The third kappa shape index (κ3) is 5.38. The molecule has 0 radical (unpaired) electrons. The summed E-state index contributed by atoms with van der Waals surface area (Å²) in [7, 11) is 0. The van der Waals surface area contributed by atoms with Crippen molar-refractivity contribution >= 4 is 33.9 Å². The zero-order valence-electron chi connectivity index (χ0n) is 23.6. The van der Waals surface area contributed by atoms with E-state index in [9.17, 15) is 4.79 Å². The molecule has 206 valence electrons. The molecule has 0 spiro atoms. The number of rotatable bonds is 7. The number of nitrogens with two attached hydrogens (primary N) is 1. The number of hydrogen-bond donors (Lipinski definition) is 3. The number of amides is 1. The monoisotopic (exact) mass is 541 g/mol. The van der Waals surface area contributed by atoms with Gasteiger partial charge >= 0.3 is 0 Å². The molecule has 6 rings (SSSR count). The number of aromatic nitrogens is 3. The van der Waals surface area contributed by atoms with Gasteiger partial charge in [0.25, 0.3) is 0 Å². The Kier molecular flexibility index (Phi) is 7.38. The molecule has 3 aromatic carbocycles. The number of carbonyl (C=O) groups is 1. The van der Waals surface area contributed by atoms with Crippen LogP contribution in [0.5, 0.6) is 0 Å². The van der Waals surface area contributed by atoms with Crippen LogP contribution in [0.15, 0.2) is 85.2 Å². The molecule has 0 saturated heterocycles. The van der Waals surface area contributed by atoms with Gasteiger partial charge in [0.05, 0.1) is 11.0 Å². The largest absolute Gasteiger partial charge is 0.398 e. The first-order chi connectivity index (χ1) is 20.0. The van der Waals surface area contributed by atoms with Gasteiger partial charge < -0.3 is 16.0 Å². The number of H-pyrrole nitrogens is 1. The molecular weight excluding hydrogens is 506 g/mol. The van der Waals surface area contributed by atoms with Gasteiger partial charge in [-0.2, -0.15) is 0 Å². The average molecular weight is 542 g/mol. The maximum Gasteiger partial charge on any atom is 0.227 e. The molecule has 1 fully saturated rings.